The number of carbonyl (C=O) groups is 1. The summed E-state index contributed by atoms with van der Waals surface area (Å²) in [5.74, 6) is -0.553. The zero-order chi connectivity index (χ0) is 25.1. The average Bonchev–Trinajstić information content (AvgIpc) is 3.31. The molecule has 1 amide bonds. The molecule has 14 heteroatoms. The van der Waals surface area contributed by atoms with Gasteiger partial charge in [-0.25, -0.2) is 4.98 Å². The molecule has 1 aliphatic carbocycles. The Morgan fingerprint density at radius 2 is 1.76 bits per heavy atom. The van der Waals surface area contributed by atoms with Gasteiger partial charge in [0.15, 0.2) is 10.8 Å². The van der Waals surface area contributed by atoms with Gasteiger partial charge in [0.2, 0.25) is 5.91 Å². The van der Waals surface area contributed by atoms with Crippen LogP contribution in [0.3, 0.4) is 0 Å². The summed E-state index contributed by atoms with van der Waals surface area (Å²) in [6.45, 7) is -1.28. The molecule has 0 spiro atoms. The van der Waals surface area contributed by atoms with Gasteiger partial charge in [-0.1, -0.05) is 46.1 Å². The zero-order valence-electron chi connectivity index (χ0n) is 17.1. The summed E-state index contributed by atoms with van der Waals surface area (Å²) in [6, 6.07) is 2.16. The SMILES string of the molecule is O=C(NCc1sc(N2CCC(c3cc(Cl)c(Cl)c(Cl)c3)(C(F)(F)F)C2)nc1C(F)(F)F)C1CC1. The number of aromatic nitrogens is 1. The van der Waals surface area contributed by atoms with Gasteiger partial charge in [-0.05, 0) is 37.0 Å². The number of carbonyl (C=O) groups excluding carboxylic acids is 1. The maximum atomic E-state index is 14.3. The normalized spacial score (nSPS) is 21.3. The van der Waals surface area contributed by atoms with E-state index in [1.807, 2.05) is 0 Å². The number of benzene rings is 1. The molecule has 0 radical (unpaired) electrons. The van der Waals surface area contributed by atoms with Crippen molar-refractivity contribution in [3.63, 3.8) is 0 Å². The average molecular weight is 567 g/mol. The summed E-state index contributed by atoms with van der Waals surface area (Å²) in [5.41, 5.74) is -3.88. The molecule has 1 unspecified atom stereocenters. The molecule has 4 rings (SSSR count). The number of thiazole rings is 1. The van der Waals surface area contributed by atoms with E-state index >= 15 is 0 Å². The molecule has 1 aromatic heterocycles. The Morgan fingerprint density at radius 3 is 2.29 bits per heavy atom. The van der Waals surface area contributed by atoms with Crippen molar-refractivity contribution in [1.29, 1.82) is 0 Å². The van der Waals surface area contributed by atoms with Crippen LogP contribution in [0.2, 0.25) is 15.1 Å². The first-order chi connectivity index (χ1) is 15.7. The Kier molecular flexibility index (Phi) is 6.72. The van der Waals surface area contributed by atoms with Crippen LogP contribution in [0.25, 0.3) is 0 Å². The summed E-state index contributed by atoms with van der Waals surface area (Å²) in [5, 5.41) is 1.84. The van der Waals surface area contributed by atoms with Crippen LogP contribution in [-0.2, 0) is 22.9 Å². The molecule has 1 N–H and O–H groups in total. The fourth-order valence-electron chi connectivity index (χ4n) is 3.91. The van der Waals surface area contributed by atoms with Crippen LogP contribution in [0.4, 0.5) is 31.5 Å². The number of amides is 1. The number of anilines is 1. The molecule has 1 aliphatic heterocycles. The standard InChI is InChI=1S/C20H16Cl3F6N3OS/c21-11-5-10(6-12(22)14(11)23)18(20(27,28)29)3-4-32(8-18)17-31-15(19(24,25)26)13(34-17)7-30-16(33)9-1-2-9/h5-6,9H,1-4,7-8H2,(H,30,33). The van der Waals surface area contributed by atoms with Gasteiger partial charge >= 0.3 is 12.4 Å². The molecule has 186 valence electrons. The van der Waals surface area contributed by atoms with Crippen molar-refractivity contribution in [2.45, 2.75) is 43.6 Å². The number of alkyl halides is 6. The predicted molar refractivity (Wildman–Crippen MR) is 118 cm³/mol. The van der Waals surface area contributed by atoms with Crippen LogP contribution in [-0.4, -0.2) is 30.2 Å². The minimum absolute atomic E-state index is 0.0908. The van der Waals surface area contributed by atoms with Gasteiger partial charge in [-0.2, -0.15) is 26.3 Å². The smallest absolute Gasteiger partial charge is 0.351 e. The van der Waals surface area contributed by atoms with Crippen molar-refractivity contribution in [3.8, 4) is 0 Å². The summed E-state index contributed by atoms with van der Waals surface area (Å²) in [7, 11) is 0. The highest BCUT2D eigenvalue weighted by molar-refractivity contribution is 7.15. The first kappa shape index (κ1) is 25.7. The molecule has 2 aliphatic rings. The summed E-state index contributed by atoms with van der Waals surface area (Å²) >= 11 is 18.4. The molecule has 4 nitrogen and oxygen atoms in total. The lowest BCUT2D eigenvalue weighted by atomic mass is 9.79. The van der Waals surface area contributed by atoms with Gasteiger partial charge in [0, 0.05) is 19.0 Å². The van der Waals surface area contributed by atoms with Crippen molar-refractivity contribution in [2.75, 3.05) is 18.0 Å². The molecule has 1 saturated carbocycles. The van der Waals surface area contributed by atoms with Crippen molar-refractivity contribution < 1.29 is 31.1 Å². The van der Waals surface area contributed by atoms with E-state index in [4.69, 9.17) is 34.8 Å². The lowest BCUT2D eigenvalue weighted by Gasteiger charge is -2.32. The van der Waals surface area contributed by atoms with Gasteiger partial charge in [0.1, 0.15) is 5.41 Å². The first-order valence-corrected chi connectivity index (χ1v) is 12.0. The molecule has 34 heavy (non-hydrogen) atoms. The Morgan fingerprint density at radius 1 is 1.15 bits per heavy atom. The molecule has 2 heterocycles. The van der Waals surface area contributed by atoms with E-state index in [-0.39, 0.29) is 49.0 Å². The lowest BCUT2D eigenvalue weighted by Crippen LogP contribution is -2.44. The Labute approximate surface area is 209 Å². The van der Waals surface area contributed by atoms with Crippen molar-refractivity contribution in [2.24, 2.45) is 5.92 Å². The monoisotopic (exact) mass is 565 g/mol. The number of hydrogen-bond acceptors (Lipinski definition) is 4. The summed E-state index contributed by atoms with van der Waals surface area (Å²) in [6.07, 6.45) is -8.67. The third kappa shape index (κ3) is 4.81. The number of nitrogens with zero attached hydrogens (tertiary/aromatic N) is 2. The Bertz CT molecular complexity index is 1090. The van der Waals surface area contributed by atoms with Gasteiger partial charge in [-0.3, -0.25) is 4.79 Å². The van der Waals surface area contributed by atoms with E-state index in [9.17, 15) is 31.1 Å². The third-order valence-electron chi connectivity index (χ3n) is 5.94. The fourth-order valence-corrected chi connectivity index (χ4v) is 5.55. The van der Waals surface area contributed by atoms with Gasteiger partial charge in [-0.15, -0.1) is 0 Å². The van der Waals surface area contributed by atoms with E-state index in [1.54, 1.807) is 0 Å². The van der Waals surface area contributed by atoms with Crippen LogP contribution in [0.5, 0.6) is 0 Å². The van der Waals surface area contributed by atoms with Crippen LogP contribution in [0.15, 0.2) is 12.1 Å². The molecule has 2 aromatic rings. The van der Waals surface area contributed by atoms with Crippen LogP contribution < -0.4 is 10.2 Å². The largest absolute Gasteiger partial charge is 0.434 e. The highest BCUT2D eigenvalue weighted by Crippen LogP contribution is 2.51. The predicted octanol–water partition coefficient (Wildman–Crippen LogP) is 6.86. The fraction of sp³-hybridized carbons (Fsp3) is 0.500. The molecule has 1 aromatic carbocycles. The van der Waals surface area contributed by atoms with Crippen LogP contribution in [0, 0.1) is 5.92 Å². The topological polar surface area (TPSA) is 45.2 Å². The molecular formula is C20H16Cl3F6N3OS. The van der Waals surface area contributed by atoms with Crippen LogP contribution in [0.1, 0.15) is 35.4 Å². The van der Waals surface area contributed by atoms with Gasteiger partial charge in [0.25, 0.3) is 0 Å². The van der Waals surface area contributed by atoms with Crippen molar-refractivity contribution >= 4 is 57.2 Å². The number of rotatable bonds is 5. The highest BCUT2D eigenvalue weighted by atomic mass is 35.5. The second kappa shape index (κ2) is 8.90. The van der Waals surface area contributed by atoms with Crippen molar-refractivity contribution in [3.05, 3.63) is 43.3 Å². The van der Waals surface area contributed by atoms with E-state index in [2.05, 4.69) is 10.3 Å². The van der Waals surface area contributed by atoms with E-state index < -0.39 is 43.0 Å². The van der Waals surface area contributed by atoms with Crippen molar-refractivity contribution in [1.82, 2.24) is 10.3 Å². The third-order valence-corrected chi connectivity index (χ3v) is 8.26. The molecular weight excluding hydrogens is 551 g/mol. The maximum Gasteiger partial charge on any atom is 0.434 e. The molecule has 2 fully saturated rings. The summed E-state index contributed by atoms with van der Waals surface area (Å²) in [4.78, 5) is 16.4. The second-order valence-electron chi connectivity index (χ2n) is 8.26. The van der Waals surface area contributed by atoms with E-state index in [1.165, 1.54) is 0 Å². The second-order valence-corrected chi connectivity index (χ2v) is 10.5. The first-order valence-electron chi connectivity index (χ1n) is 10.0. The number of nitrogens with one attached hydrogen (secondary N) is 1. The molecule has 1 atom stereocenters. The zero-order valence-corrected chi connectivity index (χ0v) is 20.2. The maximum absolute atomic E-state index is 14.3. The lowest BCUT2D eigenvalue weighted by molar-refractivity contribution is -0.184. The Hall–Kier alpha value is -1.43. The quantitative estimate of drug-likeness (QED) is 0.318. The van der Waals surface area contributed by atoms with Gasteiger partial charge in [0.05, 0.1) is 26.5 Å². The highest BCUT2D eigenvalue weighted by Gasteiger charge is 2.59. The molecule has 0 bridgehead atoms. The summed E-state index contributed by atoms with van der Waals surface area (Å²) < 4.78 is 83.7. The van der Waals surface area contributed by atoms with E-state index in [0.29, 0.717) is 24.2 Å². The van der Waals surface area contributed by atoms with E-state index in [0.717, 1.165) is 17.0 Å². The minimum Gasteiger partial charge on any atom is -0.351 e. The Balaban J connectivity index is 1.66. The molecule has 1 saturated heterocycles. The van der Waals surface area contributed by atoms with Crippen LogP contribution >= 0.6 is 46.1 Å². The number of halogens is 9. The number of hydrogen-bond donors (Lipinski definition) is 1. The minimum atomic E-state index is -4.83. The van der Waals surface area contributed by atoms with Gasteiger partial charge < -0.3 is 10.2 Å².